The van der Waals surface area contributed by atoms with Gasteiger partial charge in [0, 0.05) is 7.05 Å². The largest absolute Gasteiger partial charge is 0.355 e. The number of benzene rings is 1. The highest BCUT2D eigenvalue weighted by Crippen LogP contribution is 2.36. The number of anilines is 1. The molecule has 0 fully saturated rings. The van der Waals surface area contributed by atoms with Gasteiger partial charge in [0.1, 0.15) is 10.8 Å². The lowest BCUT2D eigenvalue weighted by molar-refractivity contribution is 0.0964. The van der Waals surface area contributed by atoms with Crippen molar-refractivity contribution >= 4 is 63.9 Å². The molecule has 0 spiro atoms. The molecule has 5 nitrogen and oxygen atoms in total. The van der Waals surface area contributed by atoms with Crippen LogP contribution in [0.4, 0.5) is 5.69 Å². The second kappa shape index (κ2) is 7.36. The number of nitrogens with zero attached hydrogens (tertiary/aromatic N) is 1. The minimum atomic E-state index is -0.674. The van der Waals surface area contributed by atoms with E-state index in [-0.39, 0.29) is 43.1 Å². The van der Waals surface area contributed by atoms with Gasteiger partial charge < -0.3 is 10.6 Å². The normalized spacial score (nSPS) is 10.3. The van der Waals surface area contributed by atoms with E-state index in [1.807, 2.05) is 0 Å². The van der Waals surface area contributed by atoms with Gasteiger partial charge in [-0.15, -0.1) is 0 Å². The first-order valence-electron chi connectivity index (χ1n) is 6.19. The smallest absolute Gasteiger partial charge is 0.275 e. The standard InChI is InChI=1S/C14H9Cl4N3O2/c1-19-13(22)6-4-2-3-5-7(6)20-14(23)11-9(16)8(15)10(17)12(18)21-11/h2-5H,1H3,(H,19,22)(H,20,23). The Balaban J connectivity index is 2.40. The summed E-state index contributed by atoms with van der Waals surface area (Å²) in [5.74, 6) is -1.03. The summed E-state index contributed by atoms with van der Waals surface area (Å²) in [6, 6.07) is 6.46. The van der Waals surface area contributed by atoms with Crippen molar-refractivity contribution in [2.45, 2.75) is 0 Å². The summed E-state index contributed by atoms with van der Waals surface area (Å²) >= 11 is 23.5. The summed E-state index contributed by atoms with van der Waals surface area (Å²) in [6.07, 6.45) is 0. The third kappa shape index (κ3) is 3.70. The van der Waals surface area contributed by atoms with E-state index >= 15 is 0 Å². The molecule has 0 unspecified atom stereocenters. The SMILES string of the molecule is CNC(=O)c1ccccc1NC(=O)c1nc(Cl)c(Cl)c(Cl)c1Cl. The van der Waals surface area contributed by atoms with Gasteiger partial charge in [0.2, 0.25) is 0 Å². The number of carbonyl (C=O) groups excluding carboxylic acids is 2. The van der Waals surface area contributed by atoms with Crippen molar-refractivity contribution in [1.82, 2.24) is 10.3 Å². The maximum absolute atomic E-state index is 12.4. The van der Waals surface area contributed by atoms with Crippen molar-refractivity contribution in [2.24, 2.45) is 0 Å². The van der Waals surface area contributed by atoms with Crippen LogP contribution in [0, 0.1) is 0 Å². The minimum absolute atomic E-state index is 0.0411. The van der Waals surface area contributed by atoms with Crippen LogP contribution in [-0.4, -0.2) is 23.8 Å². The van der Waals surface area contributed by atoms with E-state index in [4.69, 9.17) is 46.4 Å². The quantitative estimate of drug-likeness (QED) is 0.764. The predicted molar refractivity (Wildman–Crippen MR) is 92.1 cm³/mol. The minimum Gasteiger partial charge on any atom is -0.355 e. The van der Waals surface area contributed by atoms with E-state index in [1.54, 1.807) is 24.3 Å². The fourth-order valence-corrected chi connectivity index (χ4v) is 2.56. The highest BCUT2D eigenvalue weighted by molar-refractivity contribution is 6.52. The first-order valence-corrected chi connectivity index (χ1v) is 7.70. The molecule has 2 aromatic rings. The third-order valence-corrected chi connectivity index (χ3v) is 4.52. The number of hydrogen-bond acceptors (Lipinski definition) is 3. The zero-order chi connectivity index (χ0) is 17.1. The van der Waals surface area contributed by atoms with E-state index in [1.165, 1.54) is 7.05 Å². The molecule has 0 aliphatic carbocycles. The van der Waals surface area contributed by atoms with Gasteiger partial charge in [0.25, 0.3) is 11.8 Å². The molecule has 23 heavy (non-hydrogen) atoms. The highest BCUT2D eigenvalue weighted by Gasteiger charge is 2.21. The number of pyridine rings is 1. The Morgan fingerprint density at radius 3 is 2.26 bits per heavy atom. The maximum Gasteiger partial charge on any atom is 0.275 e. The lowest BCUT2D eigenvalue weighted by Crippen LogP contribution is -2.22. The number of aromatic nitrogens is 1. The van der Waals surface area contributed by atoms with Gasteiger partial charge >= 0.3 is 0 Å². The van der Waals surface area contributed by atoms with Crippen LogP contribution < -0.4 is 10.6 Å². The Kier molecular flexibility index (Phi) is 5.70. The Labute approximate surface area is 151 Å². The van der Waals surface area contributed by atoms with E-state index in [9.17, 15) is 9.59 Å². The van der Waals surface area contributed by atoms with Crippen LogP contribution in [0.15, 0.2) is 24.3 Å². The number of nitrogens with one attached hydrogen (secondary N) is 2. The van der Waals surface area contributed by atoms with E-state index in [0.717, 1.165) is 0 Å². The number of amides is 2. The van der Waals surface area contributed by atoms with Crippen molar-refractivity contribution in [1.29, 1.82) is 0 Å². The Morgan fingerprint density at radius 2 is 1.61 bits per heavy atom. The molecule has 0 saturated heterocycles. The second-order valence-corrected chi connectivity index (χ2v) is 5.76. The van der Waals surface area contributed by atoms with Gasteiger partial charge in [-0.1, -0.05) is 58.5 Å². The van der Waals surface area contributed by atoms with Crippen molar-refractivity contribution in [3.8, 4) is 0 Å². The van der Waals surface area contributed by atoms with Gasteiger partial charge in [-0.05, 0) is 12.1 Å². The molecule has 2 amide bonds. The number of carbonyl (C=O) groups is 2. The molecular formula is C14H9Cl4N3O2. The zero-order valence-corrected chi connectivity index (χ0v) is 14.6. The summed E-state index contributed by atoms with van der Waals surface area (Å²) < 4.78 is 0. The van der Waals surface area contributed by atoms with Crippen LogP contribution in [0.3, 0.4) is 0 Å². The average molecular weight is 393 g/mol. The van der Waals surface area contributed by atoms with Gasteiger partial charge in [-0.25, -0.2) is 4.98 Å². The highest BCUT2D eigenvalue weighted by atomic mass is 35.5. The van der Waals surface area contributed by atoms with Crippen LogP contribution in [0.25, 0.3) is 0 Å². The molecule has 0 bridgehead atoms. The molecule has 120 valence electrons. The number of hydrogen-bond donors (Lipinski definition) is 2. The van der Waals surface area contributed by atoms with Crippen molar-refractivity contribution in [3.05, 3.63) is 55.7 Å². The van der Waals surface area contributed by atoms with Crippen LogP contribution in [-0.2, 0) is 0 Å². The zero-order valence-electron chi connectivity index (χ0n) is 11.6. The molecule has 0 aliphatic heterocycles. The fourth-order valence-electron chi connectivity index (χ4n) is 1.74. The first kappa shape index (κ1) is 17.8. The molecule has 1 aromatic carbocycles. The average Bonchev–Trinajstić information content (AvgIpc) is 2.55. The molecule has 0 saturated carbocycles. The fraction of sp³-hybridized carbons (Fsp3) is 0.0714. The Morgan fingerprint density at radius 1 is 0.957 bits per heavy atom. The summed E-state index contributed by atoms with van der Waals surface area (Å²) in [6.45, 7) is 0. The molecule has 1 heterocycles. The monoisotopic (exact) mass is 391 g/mol. The number of para-hydroxylation sites is 1. The third-order valence-electron chi connectivity index (χ3n) is 2.85. The Bertz CT molecular complexity index is 796. The molecule has 0 radical (unpaired) electrons. The van der Waals surface area contributed by atoms with Gasteiger partial charge in [-0.2, -0.15) is 0 Å². The lowest BCUT2D eigenvalue weighted by Gasteiger charge is -2.11. The van der Waals surface area contributed by atoms with E-state index in [0.29, 0.717) is 0 Å². The van der Waals surface area contributed by atoms with Gasteiger partial charge in [0.05, 0.1) is 26.3 Å². The van der Waals surface area contributed by atoms with Crippen molar-refractivity contribution in [2.75, 3.05) is 12.4 Å². The lowest BCUT2D eigenvalue weighted by atomic mass is 10.1. The molecule has 9 heteroatoms. The molecule has 1 aromatic heterocycles. The molecule has 2 rings (SSSR count). The van der Waals surface area contributed by atoms with Crippen LogP contribution >= 0.6 is 46.4 Å². The summed E-state index contributed by atoms with van der Waals surface area (Å²) in [7, 11) is 1.48. The summed E-state index contributed by atoms with van der Waals surface area (Å²) in [5.41, 5.74) is 0.375. The van der Waals surface area contributed by atoms with Crippen molar-refractivity contribution in [3.63, 3.8) is 0 Å². The second-order valence-electron chi connectivity index (χ2n) is 4.27. The molecule has 0 atom stereocenters. The topological polar surface area (TPSA) is 71.1 Å². The molecule has 0 aliphatic rings. The van der Waals surface area contributed by atoms with Gasteiger partial charge in [-0.3, -0.25) is 9.59 Å². The molecular weight excluding hydrogens is 384 g/mol. The molecule has 2 N–H and O–H groups in total. The van der Waals surface area contributed by atoms with Crippen molar-refractivity contribution < 1.29 is 9.59 Å². The van der Waals surface area contributed by atoms with E-state index < -0.39 is 5.91 Å². The van der Waals surface area contributed by atoms with Crippen LogP contribution in [0.1, 0.15) is 20.8 Å². The van der Waals surface area contributed by atoms with Crippen LogP contribution in [0.5, 0.6) is 0 Å². The predicted octanol–water partition coefficient (Wildman–Crippen LogP) is 4.31. The summed E-state index contributed by atoms with van der Waals surface area (Å²) in [4.78, 5) is 28.0. The Hall–Kier alpha value is -1.53. The number of halogens is 4. The first-order chi connectivity index (χ1) is 10.9. The summed E-state index contributed by atoms with van der Waals surface area (Å²) in [5, 5.41) is 4.64. The van der Waals surface area contributed by atoms with Gasteiger partial charge in [0.15, 0.2) is 0 Å². The van der Waals surface area contributed by atoms with Crippen LogP contribution in [0.2, 0.25) is 20.2 Å². The maximum atomic E-state index is 12.4. The number of rotatable bonds is 3. The van der Waals surface area contributed by atoms with E-state index in [2.05, 4.69) is 15.6 Å².